The summed E-state index contributed by atoms with van der Waals surface area (Å²) in [7, 11) is 3.66. The summed E-state index contributed by atoms with van der Waals surface area (Å²) in [4.78, 5) is 0. The van der Waals surface area contributed by atoms with Crippen LogP contribution >= 0.6 is 0 Å². The van der Waals surface area contributed by atoms with E-state index in [1.165, 1.54) is 0 Å². The van der Waals surface area contributed by atoms with Gasteiger partial charge in [0, 0.05) is 20.3 Å². The van der Waals surface area contributed by atoms with Crippen LogP contribution in [0.15, 0.2) is 6.20 Å². The van der Waals surface area contributed by atoms with E-state index in [4.69, 9.17) is 4.74 Å². The highest BCUT2D eigenvalue weighted by atomic mass is 16.5. The van der Waals surface area contributed by atoms with Gasteiger partial charge in [-0.15, -0.1) is 5.10 Å². The van der Waals surface area contributed by atoms with Gasteiger partial charge < -0.3 is 10.1 Å². The van der Waals surface area contributed by atoms with Gasteiger partial charge in [0.15, 0.2) is 0 Å². The van der Waals surface area contributed by atoms with Gasteiger partial charge in [-0.3, -0.25) is 0 Å². The summed E-state index contributed by atoms with van der Waals surface area (Å²) in [6.45, 7) is 3.79. The van der Waals surface area contributed by atoms with Crippen molar-refractivity contribution in [2.45, 2.75) is 32.4 Å². The molecule has 15 heavy (non-hydrogen) atoms. The fourth-order valence-electron chi connectivity index (χ4n) is 1.60. The summed E-state index contributed by atoms with van der Waals surface area (Å²) >= 11 is 0. The molecule has 0 fully saturated rings. The Morgan fingerprint density at radius 1 is 1.60 bits per heavy atom. The van der Waals surface area contributed by atoms with Gasteiger partial charge in [0.25, 0.3) is 0 Å². The molecule has 0 amide bonds. The minimum Gasteiger partial charge on any atom is -0.385 e. The van der Waals surface area contributed by atoms with Crippen LogP contribution in [-0.2, 0) is 11.3 Å². The SMILES string of the molecule is CCCn1nncc1C(CCOC)NC. The topological polar surface area (TPSA) is 52.0 Å². The lowest BCUT2D eigenvalue weighted by Gasteiger charge is -2.16. The van der Waals surface area contributed by atoms with Crippen molar-refractivity contribution in [2.24, 2.45) is 0 Å². The molecule has 5 heteroatoms. The van der Waals surface area contributed by atoms with Crippen LogP contribution in [-0.4, -0.2) is 35.8 Å². The van der Waals surface area contributed by atoms with Gasteiger partial charge in [0.1, 0.15) is 0 Å². The molecular formula is C10H20N4O. The molecule has 86 valence electrons. The average Bonchev–Trinajstić information content (AvgIpc) is 2.68. The normalized spacial score (nSPS) is 13.0. The molecule has 1 atom stereocenters. The van der Waals surface area contributed by atoms with Crippen LogP contribution in [0.1, 0.15) is 31.5 Å². The Kier molecular flexibility index (Phi) is 5.28. The number of aryl methyl sites for hydroxylation is 1. The van der Waals surface area contributed by atoms with Gasteiger partial charge in [0.2, 0.25) is 0 Å². The van der Waals surface area contributed by atoms with E-state index < -0.39 is 0 Å². The molecule has 5 nitrogen and oxygen atoms in total. The second-order valence-corrected chi connectivity index (χ2v) is 3.50. The Balaban J connectivity index is 2.67. The predicted octanol–water partition coefficient (Wildman–Crippen LogP) is 0.985. The maximum absolute atomic E-state index is 5.08. The van der Waals surface area contributed by atoms with E-state index in [0.29, 0.717) is 0 Å². The van der Waals surface area contributed by atoms with Crippen molar-refractivity contribution in [3.05, 3.63) is 11.9 Å². The summed E-state index contributed by atoms with van der Waals surface area (Å²) in [6.07, 6.45) is 3.83. The standard InChI is InChI=1S/C10H20N4O/c1-4-6-14-10(8-12-13-14)9(11-2)5-7-15-3/h8-9,11H,4-7H2,1-3H3. The van der Waals surface area contributed by atoms with E-state index in [2.05, 4.69) is 22.6 Å². The molecule has 1 aromatic rings. The maximum Gasteiger partial charge on any atom is 0.0757 e. The summed E-state index contributed by atoms with van der Waals surface area (Å²) in [6, 6.07) is 0.270. The fraction of sp³-hybridized carbons (Fsp3) is 0.800. The van der Waals surface area contributed by atoms with Crippen molar-refractivity contribution in [3.8, 4) is 0 Å². The molecule has 0 saturated carbocycles. The van der Waals surface area contributed by atoms with Crippen LogP contribution in [0, 0.1) is 0 Å². The largest absolute Gasteiger partial charge is 0.385 e. The van der Waals surface area contributed by atoms with Gasteiger partial charge in [-0.1, -0.05) is 12.1 Å². The summed E-state index contributed by atoms with van der Waals surface area (Å²) < 4.78 is 7.04. The predicted molar refractivity (Wildman–Crippen MR) is 58.6 cm³/mol. The van der Waals surface area contributed by atoms with E-state index in [0.717, 1.165) is 31.7 Å². The monoisotopic (exact) mass is 212 g/mol. The highest BCUT2D eigenvalue weighted by molar-refractivity contribution is 5.01. The van der Waals surface area contributed by atoms with Crippen LogP contribution in [0.4, 0.5) is 0 Å². The molecule has 0 aliphatic heterocycles. The molecule has 0 spiro atoms. The van der Waals surface area contributed by atoms with Crippen molar-refractivity contribution in [1.29, 1.82) is 0 Å². The van der Waals surface area contributed by atoms with Crippen molar-refractivity contribution in [1.82, 2.24) is 20.3 Å². The van der Waals surface area contributed by atoms with Crippen LogP contribution in [0.3, 0.4) is 0 Å². The van der Waals surface area contributed by atoms with E-state index in [9.17, 15) is 0 Å². The van der Waals surface area contributed by atoms with Gasteiger partial charge >= 0.3 is 0 Å². The first-order valence-electron chi connectivity index (χ1n) is 5.38. The maximum atomic E-state index is 5.08. The average molecular weight is 212 g/mol. The number of hydrogen-bond donors (Lipinski definition) is 1. The first-order chi connectivity index (χ1) is 7.33. The molecule has 0 radical (unpaired) electrons. The van der Waals surface area contributed by atoms with Crippen LogP contribution in [0.25, 0.3) is 0 Å². The third-order valence-corrected chi connectivity index (χ3v) is 2.40. The lowest BCUT2D eigenvalue weighted by molar-refractivity contribution is 0.182. The van der Waals surface area contributed by atoms with Gasteiger partial charge in [-0.25, -0.2) is 4.68 Å². The molecule has 1 N–H and O–H groups in total. The summed E-state index contributed by atoms with van der Waals surface area (Å²) in [5.41, 5.74) is 1.14. The molecular weight excluding hydrogens is 192 g/mol. The zero-order valence-electron chi connectivity index (χ0n) is 9.73. The molecule has 1 aromatic heterocycles. The Labute approximate surface area is 90.8 Å². The van der Waals surface area contributed by atoms with Gasteiger partial charge in [-0.2, -0.15) is 0 Å². The molecule has 0 aliphatic carbocycles. The van der Waals surface area contributed by atoms with Crippen molar-refractivity contribution >= 4 is 0 Å². The number of ether oxygens (including phenoxy) is 1. The van der Waals surface area contributed by atoms with Gasteiger partial charge in [-0.05, 0) is 19.9 Å². The Bertz CT molecular complexity index is 274. The smallest absolute Gasteiger partial charge is 0.0757 e. The number of nitrogens with one attached hydrogen (secondary N) is 1. The molecule has 0 aromatic carbocycles. The Morgan fingerprint density at radius 2 is 2.40 bits per heavy atom. The first kappa shape index (κ1) is 12.1. The minimum absolute atomic E-state index is 0.270. The van der Waals surface area contributed by atoms with E-state index in [-0.39, 0.29) is 6.04 Å². The lowest BCUT2D eigenvalue weighted by Crippen LogP contribution is -2.21. The quantitative estimate of drug-likeness (QED) is 0.732. The molecule has 0 aliphatic rings. The number of nitrogens with zero attached hydrogens (tertiary/aromatic N) is 3. The number of aromatic nitrogens is 3. The number of methoxy groups -OCH3 is 1. The highest BCUT2D eigenvalue weighted by Gasteiger charge is 2.14. The van der Waals surface area contributed by atoms with Crippen molar-refractivity contribution < 1.29 is 4.74 Å². The first-order valence-corrected chi connectivity index (χ1v) is 5.38. The lowest BCUT2D eigenvalue weighted by atomic mass is 10.1. The van der Waals surface area contributed by atoms with E-state index in [1.54, 1.807) is 7.11 Å². The summed E-state index contributed by atoms with van der Waals surface area (Å²) in [5.74, 6) is 0. The second-order valence-electron chi connectivity index (χ2n) is 3.50. The van der Waals surface area contributed by atoms with E-state index >= 15 is 0 Å². The van der Waals surface area contributed by atoms with Crippen molar-refractivity contribution in [2.75, 3.05) is 20.8 Å². The minimum atomic E-state index is 0.270. The summed E-state index contributed by atoms with van der Waals surface area (Å²) in [5, 5.41) is 11.3. The van der Waals surface area contributed by atoms with Crippen LogP contribution in [0.5, 0.6) is 0 Å². The number of rotatable bonds is 7. The molecule has 1 unspecified atom stereocenters. The molecule has 1 rings (SSSR count). The Morgan fingerprint density at radius 3 is 3.00 bits per heavy atom. The van der Waals surface area contributed by atoms with E-state index in [1.807, 2.05) is 17.9 Å². The van der Waals surface area contributed by atoms with Crippen LogP contribution in [0.2, 0.25) is 0 Å². The molecule has 0 bridgehead atoms. The zero-order chi connectivity index (χ0) is 11.1. The van der Waals surface area contributed by atoms with Gasteiger partial charge in [0.05, 0.1) is 17.9 Å². The third-order valence-electron chi connectivity index (χ3n) is 2.40. The molecule has 1 heterocycles. The highest BCUT2D eigenvalue weighted by Crippen LogP contribution is 2.15. The van der Waals surface area contributed by atoms with Crippen molar-refractivity contribution in [3.63, 3.8) is 0 Å². The fourth-order valence-corrected chi connectivity index (χ4v) is 1.60. The number of hydrogen-bond acceptors (Lipinski definition) is 4. The Hall–Kier alpha value is -0.940. The third kappa shape index (κ3) is 3.28. The second kappa shape index (κ2) is 6.53. The molecule has 0 saturated heterocycles. The zero-order valence-corrected chi connectivity index (χ0v) is 9.73. The van der Waals surface area contributed by atoms with Crippen LogP contribution < -0.4 is 5.32 Å².